The minimum absolute atomic E-state index is 0.0738. The van der Waals surface area contributed by atoms with E-state index in [1.165, 1.54) is 11.3 Å². The van der Waals surface area contributed by atoms with Gasteiger partial charge in [-0.05, 0) is 67.4 Å². The Kier molecular flexibility index (Phi) is 10.5. The first-order valence-electron chi connectivity index (χ1n) is 18.3. The summed E-state index contributed by atoms with van der Waals surface area (Å²) in [6, 6.07) is 4.47. The molecule has 0 unspecified atom stereocenters. The summed E-state index contributed by atoms with van der Waals surface area (Å²) in [6.45, 7) is 5.78. The molecule has 4 atom stereocenters. The van der Waals surface area contributed by atoms with Crippen LogP contribution in [-0.4, -0.2) is 70.2 Å². The van der Waals surface area contributed by atoms with Gasteiger partial charge in [-0.3, -0.25) is 24.0 Å². The number of hydrogen-bond donors (Lipinski definition) is 2. The predicted molar refractivity (Wildman–Crippen MR) is 186 cm³/mol. The molecule has 0 radical (unpaired) electrons. The van der Waals surface area contributed by atoms with Gasteiger partial charge in [0.1, 0.15) is 12.1 Å². The normalized spacial score (nSPS) is 25.3. The van der Waals surface area contributed by atoms with Crippen molar-refractivity contribution in [1.82, 2.24) is 15.5 Å². The third kappa shape index (κ3) is 8.91. The van der Waals surface area contributed by atoms with Crippen molar-refractivity contribution in [3.63, 3.8) is 0 Å². The number of ketones is 2. The molecule has 1 aromatic rings. The third-order valence-electron chi connectivity index (χ3n) is 10.9. The van der Waals surface area contributed by atoms with Crippen LogP contribution < -0.4 is 10.6 Å². The van der Waals surface area contributed by atoms with E-state index in [0.29, 0.717) is 35.9 Å². The summed E-state index contributed by atoms with van der Waals surface area (Å²) < 4.78 is 0. The molecule has 0 bridgehead atoms. The Morgan fingerprint density at radius 3 is 2.31 bits per heavy atom. The summed E-state index contributed by atoms with van der Waals surface area (Å²) in [5, 5.41) is 10.9. The molecule has 5 aliphatic rings. The molecule has 10 nitrogen and oxygen atoms in total. The number of likely N-dealkylation sites (tertiary alicyclic amines) is 1. The van der Waals surface area contributed by atoms with Crippen molar-refractivity contribution in [3.05, 3.63) is 34.9 Å². The maximum absolute atomic E-state index is 14.6. The number of carbonyl (C=O) groups excluding carboxylic acids is 5. The van der Waals surface area contributed by atoms with Gasteiger partial charge in [-0.15, -0.1) is 0 Å². The summed E-state index contributed by atoms with van der Waals surface area (Å²) in [5.74, 6) is -1.18. The number of nitrogens with one attached hydrogen (secondary N) is 2. The highest BCUT2D eigenvalue weighted by molar-refractivity contribution is 6.39. The molecule has 1 aromatic carbocycles. The SMILES string of the molecule is CC(C)(C)[C@H](NC(=O)CC1CCCCC1)C(=O)N1C[C@@]2(CC(c3cccc(Cl)c3)=NO2)C[C@H]1C(=O)N[C@@H](CC1CC1)C(=O)C(=O)CC1CC1. The van der Waals surface area contributed by atoms with Crippen molar-refractivity contribution in [1.29, 1.82) is 0 Å². The van der Waals surface area contributed by atoms with Crippen LogP contribution in [0.5, 0.6) is 0 Å². The number of Topliss-reactive ketones (excluding diaryl/α,β-unsaturated/α-hetero) is 2. The predicted octanol–water partition coefficient (Wildman–Crippen LogP) is 5.53. The zero-order valence-corrected chi connectivity index (χ0v) is 29.9. The van der Waals surface area contributed by atoms with E-state index in [2.05, 4.69) is 15.8 Å². The average molecular weight is 695 g/mol. The fraction of sp³-hybridized carbons (Fsp3) is 0.684. The monoisotopic (exact) mass is 694 g/mol. The van der Waals surface area contributed by atoms with Gasteiger partial charge in [0.15, 0.2) is 5.60 Å². The van der Waals surface area contributed by atoms with E-state index < -0.39 is 46.6 Å². The van der Waals surface area contributed by atoms with E-state index in [-0.39, 0.29) is 43.0 Å². The van der Waals surface area contributed by atoms with E-state index >= 15 is 0 Å². The number of amides is 3. The first-order valence-corrected chi connectivity index (χ1v) is 18.7. The lowest BCUT2D eigenvalue weighted by Crippen LogP contribution is -2.59. The number of carbonyl (C=O) groups is 5. The van der Waals surface area contributed by atoms with Crippen LogP contribution in [0.1, 0.15) is 116 Å². The summed E-state index contributed by atoms with van der Waals surface area (Å²) >= 11 is 6.26. The van der Waals surface area contributed by atoms with Crippen LogP contribution in [0.25, 0.3) is 0 Å². The van der Waals surface area contributed by atoms with Crippen LogP contribution in [-0.2, 0) is 28.8 Å². The molecule has 266 valence electrons. The molecule has 2 aliphatic heterocycles. The van der Waals surface area contributed by atoms with Crippen LogP contribution >= 0.6 is 11.6 Å². The van der Waals surface area contributed by atoms with Crippen LogP contribution in [0.2, 0.25) is 5.02 Å². The minimum Gasteiger partial charge on any atom is -0.387 e. The fourth-order valence-electron chi connectivity index (χ4n) is 7.71. The Labute approximate surface area is 294 Å². The largest absolute Gasteiger partial charge is 0.387 e. The Hall–Kier alpha value is -3.27. The Morgan fingerprint density at radius 2 is 1.65 bits per heavy atom. The van der Waals surface area contributed by atoms with Crippen LogP contribution in [0.3, 0.4) is 0 Å². The third-order valence-corrected chi connectivity index (χ3v) is 11.2. The highest BCUT2D eigenvalue weighted by Crippen LogP contribution is 2.41. The van der Waals surface area contributed by atoms with Gasteiger partial charge in [0.2, 0.25) is 29.3 Å². The number of hydrogen-bond acceptors (Lipinski definition) is 7. The lowest BCUT2D eigenvalue weighted by atomic mass is 9.84. The van der Waals surface area contributed by atoms with Crippen molar-refractivity contribution in [2.45, 2.75) is 134 Å². The quantitative estimate of drug-likeness (QED) is 0.261. The molecule has 1 saturated heterocycles. The standard InChI is InChI=1S/C38H51ClN4O6/c1-37(2,3)34(41-32(45)18-23-8-5-4-6-9-23)36(48)43-22-38(20-29(42-49-38)26-10-7-11-27(39)19-26)21-30(43)35(47)40-28(16-24-12-13-24)33(46)31(44)17-25-14-15-25/h7,10-11,19,23-25,28,30,34H,4-6,8-9,12-18,20-22H2,1-3H3,(H,40,47)(H,41,45)/t28-,30-,34+,38+/m0/s1. The second-order valence-electron chi connectivity index (χ2n) is 16.4. The van der Waals surface area contributed by atoms with Crippen molar-refractivity contribution in [3.8, 4) is 0 Å². The number of halogens is 1. The van der Waals surface area contributed by atoms with Gasteiger partial charge in [0.25, 0.3) is 0 Å². The summed E-state index contributed by atoms with van der Waals surface area (Å²) in [7, 11) is 0. The van der Waals surface area contributed by atoms with Gasteiger partial charge in [-0.1, -0.05) is 81.8 Å². The lowest BCUT2D eigenvalue weighted by molar-refractivity contribution is -0.145. The van der Waals surface area contributed by atoms with E-state index in [9.17, 15) is 24.0 Å². The van der Waals surface area contributed by atoms with E-state index in [4.69, 9.17) is 16.4 Å². The average Bonchev–Trinajstić information content (AvgIpc) is 3.99. The molecule has 11 heteroatoms. The second kappa shape index (κ2) is 14.5. The van der Waals surface area contributed by atoms with Gasteiger partial charge in [-0.2, -0.15) is 0 Å². The highest BCUT2D eigenvalue weighted by atomic mass is 35.5. The number of benzene rings is 1. The number of rotatable bonds is 13. The van der Waals surface area contributed by atoms with Crippen LogP contribution in [0.4, 0.5) is 0 Å². The fourth-order valence-corrected chi connectivity index (χ4v) is 7.90. The zero-order chi connectivity index (χ0) is 34.9. The van der Waals surface area contributed by atoms with Gasteiger partial charge >= 0.3 is 0 Å². The van der Waals surface area contributed by atoms with Crippen LogP contribution in [0.15, 0.2) is 29.4 Å². The summed E-state index contributed by atoms with van der Waals surface area (Å²) in [5.41, 5.74) is -0.185. The lowest BCUT2D eigenvalue weighted by Gasteiger charge is -2.36. The Morgan fingerprint density at radius 1 is 0.959 bits per heavy atom. The molecule has 2 heterocycles. The van der Waals surface area contributed by atoms with Crippen LogP contribution in [0, 0.1) is 23.2 Å². The molecule has 3 aliphatic carbocycles. The van der Waals surface area contributed by atoms with E-state index in [1.54, 1.807) is 12.1 Å². The zero-order valence-electron chi connectivity index (χ0n) is 29.1. The molecule has 4 fully saturated rings. The highest BCUT2D eigenvalue weighted by Gasteiger charge is 2.56. The molecule has 49 heavy (non-hydrogen) atoms. The topological polar surface area (TPSA) is 134 Å². The minimum atomic E-state index is -0.991. The summed E-state index contributed by atoms with van der Waals surface area (Å²) in [4.78, 5) is 76.1. The molecule has 3 saturated carbocycles. The van der Waals surface area contributed by atoms with Crippen molar-refractivity contribution >= 4 is 46.6 Å². The van der Waals surface area contributed by atoms with E-state index in [1.807, 2.05) is 32.9 Å². The van der Waals surface area contributed by atoms with Crippen molar-refractivity contribution < 1.29 is 28.8 Å². The molecule has 6 rings (SSSR count). The second-order valence-corrected chi connectivity index (χ2v) is 16.9. The van der Waals surface area contributed by atoms with Gasteiger partial charge in [0.05, 0.1) is 18.3 Å². The molecule has 2 N–H and O–H groups in total. The molecule has 3 amide bonds. The Balaban J connectivity index is 1.23. The van der Waals surface area contributed by atoms with Crippen molar-refractivity contribution in [2.75, 3.05) is 6.54 Å². The molecular formula is C38H51ClN4O6. The maximum atomic E-state index is 14.6. The van der Waals surface area contributed by atoms with Gasteiger partial charge < -0.3 is 20.4 Å². The van der Waals surface area contributed by atoms with Gasteiger partial charge in [-0.25, -0.2) is 0 Å². The number of nitrogens with zero attached hydrogens (tertiary/aromatic N) is 2. The molecular weight excluding hydrogens is 644 g/mol. The first kappa shape index (κ1) is 35.6. The Bertz CT molecular complexity index is 1490. The maximum Gasteiger partial charge on any atom is 0.246 e. The smallest absolute Gasteiger partial charge is 0.246 e. The van der Waals surface area contributed by atoms with E-state index in [0.717, 1.165) is 56.9 Å². The molecule has 1 spiro atoms. The summed E-state index contributed by atoms with van der Waals surface area (Å²) in [6.07, 6.45) is 10.7. The molecule has 0 aromatic heterocycles. The van der Waals surface area contributed by atoms with Gasteiger partial charge in [0, 0.05) is 36.3 Å². The first-order chi connectivity index (χ1) is 23.3. The van der Waals surface area contributed by atoms with Crippen molar-refractivity contribution in [2.24, 2.45) is 28.3 Å². The number of oxime groups is 1.